The van der Waals surface area contributed by atoms with E-state index in [4.69, 9.17) is 4.74 Å². The minimum atomic E-state index is -0.221. The number of amides is 2. The van der Waals surface area contributed by atoms with E-state index < -0.39 is 0 Å². The second kappa shape index (κ2) is 6.37. The van der Waals surface area contributed by atoms with Gasteiger partial charge in [0.15, 0.2) is 0 Å². The molecule has 2 aliphatic rings. The Hall–Kier alpha value is -1.10. The van der Waals surface area contributed by atoms with E-state index in [9.17, 15) is 9.59 Å². The lowest BCUT2D eigenvalue weighted by Crippen LogP contribution is -2.49. The molecule has 2 aliphatic heterocycles. The highest BCUT2D eigenvalue weighted by Gasteiger charge is 2.31. The Bertz CT molecular complexity index is 330. The first kappa shape index (κ1) is 14.3. The number of piperidine rings is 1. The number of nitrogens with one attached hydrogen (secondary N) is 1. The lowest BCUT2D eigenvalue weighted by molar-refractivity contribution is -0.142. The van der Waals surface area contributed by atoms with Crippen LogP contribution in [-0.2, 0) is 14.3 Å². The zero-order valence-electron chi connectivity index (χ0n) is 11.9. The van der Waals surface area contributed by atoms with Crippen molar-refractivity contribution in [2.75, 3.05) is 19.7 Å². The zero-order chi connectivity index (χ0) is 13.8. The highest BCUT2D eigenvalue weighted by atomic mass is 16.5. The van der Waals surface area contributed by atoms with Crippen molar-refractivity contribution in [2.24, 2.45) is 5.92 Å². The van der Waals surface area contributed by atoms with Gasteiger partial charge in [0.1, 0.15) is 6.10 Å². The minimum Gasteiger partial charge on any atom is -0.368 e. The van der Waals surface area contributed by atoms with Crippen LogP contribution in [0.15, 0.2) is 0 Å². The van der Waals surface area contributed by atoms with Crippen molar-refractivity contribution < 1.29 is 14.3 Å². The Labute approximate surface area is 114 Å². The largest absolute Gasteiger partial charge is 0.368 e. The van der Waals surface area contributed by atoms with Gasteiger partial charge in [-0.1, -0.05) is 13.8 Å². The maximum Gasteiger partial charge on any atom is 0.251 e. The van der Waals surface area contributed by atoms with Gasteiger partial charge in [-0.15, -0.1) is 0 Å². The van der Waals surface area contributed by atoms with Crippen molar-refractivity contribution in [2.45, 2.75) is 51.7 Å². The summed E-state index contributed by atoms with van der Waals surface area (Å²) in [6, 6.07) is 0.212. The summed E-state index contributed by atoms with van der Waals surface area (Å²) in [7, 11) is 0. The van der Waals surface area contributed by atoms with Crippen LogP contribution in [0.3, 0.4) is 0 Å². The van der Waals surface area contributed by atoms with Crippen molar-refractivity contribution >= 4 is 11.8 Å². The van der Waals surface area contributed by atoms with Gasteiger partial charge >= 0.3 is 0 Å². The van der Waals surface area contributed by atoms with Gasteiger partial charge in [-0.3, -0.25) is 9.59 Å². The summed E-state index contributed by atoms with van der Waals surface area (Å²) in [4.78, 5) is 25.7. The van der Waals surface area contributed by atoms with Crippen LogP contribution in [0.5, 0.6) is 0 Å². The number of ether oxygens (including phenoxy) is 1. The molecule has 0 aliphatic carbocycles. The molecule has 0 aromatic rings. The van der Waals surface area contributed by atoms with Crippen molar-refractivity contribution in [3.8, 4) is 0 Å². The molecule has 2 heterocycles. The first-order valence-corrected chi connectivity index (χ1v) is 7.28. The van der Waals surface area contributed by atoms with Gasteiger partial charge in [0.2, 0.25) is 5.91 Å². The molecule has 108 valence electrons. The summed E-state index contributed by atoms with van der Waals surface area (Å²) in [5.74, 6) is 0.251. The Balaban J connectivity index is 1.75. The third kappa shape index (κ3) is 3.69. The number of likely N-dealkylation sites (tertiary alicyclic amines) is 1. The second-order valence-corrected chi connectivity index (χ2v) is 5.76. The molecule has 2 saturated heterocycles. The summed E-state index contributed by atoms with van der Waals surface area (Å²) < 4.78 is 5.43. The Kier molecular flexibility index (Phi) is 4.80. The molecule has 0 aromatic heterocycles. The zero-order valence-corrected chi connectivity index (χ0v) is 11.9. The fourth-order valence-corrected chi connectivity index (χ4v) is 2.59. The summed E-state index contributed by atoms with van der Waals surface area (Å²) in [6.45, 7) is 5.94. The summed E-state index contributed by atoms with van der Waals surface area (Å²) >= 11 is 0. The van der Waals surface area contributed by atoms with E-state index in [0.29, 0.717) is 6.61 Å². The van der Waals surface area contributed by atoms with Crippen LogP contribution >= 0.6 is 0 Å². The van der Waals surface area contributed by atoms with Crippen molar-refractivity contribution in [3.05, 3.63) is 0 Å². The predicted molar refractivity (Wildman–Crippen MR) is 71.6 cm³/mol. The average molecular weight is 268 g/mol. The average Bonchev–Trinajstić information content (AvgIpc) is 2.92. The van der Waals surface area contributed by atoms with Crippen LogP contribution in [0, 0.1) is 5.92 Å². The van der Waals surface area contributed by atoms with E-state index in [0.717, 1.165) is 38.8 Å². The van der Waals surface area contributed by atoms with Gasteiger partial charge in [-0.05, 0) is 25.7 Å². The molecule has 0 saturated carbocycles. The Morgan fingerprint density at radius 1 is 1.21 bits per heavy atom. The first-order chi connectivity index (χ1) is 9.08. The fourth-order valence-electron chi connectivity index (χ4n) is 2.59. The molecule has 2 rings (SSSR count). The third-order valence-electron chi connectivity index (χ3n) is 3.88. The van der Waals surface area contributed by atoms with Gasteiger partial charge in [0.25, 0.3) is 5.91 Å². The van der Waals surface area contributed by atoms with Crippen LogP contribution in [0.2, 0.25) is 0 Å². The molecule has 2 amide bonds. The molecule has 0 bridgehead atoms. The lowest BCUT2D eigenvalue weighted by atomic mass is 10.0. The molecule has 1 unspecified atom stereocenters. The van der Waals surface area contributed by atoms with Crippen LogP contribution in [0.25, 0.3) is 0 Å². The first-order valence-electron chi connectivity index (χ1n) is 7.28. The number of hydrogen-bond donors (Lipinski definition) is 1. The normalized spacial score (nSPS) is 24.8. The lowest BCUT2D eigenvalue weighted by Gasteiger charge is -2.33. The summed E-state index contributed by atoms with van der Waals surface area (Å²) in [6.07, 6.45) is 3.30. The molecule has 19 heavy (non-hydrogen) atoms. The molecule has 5 heteroatoms. The maximum absolute atomic E-state index is 12.2. The Morgan fingerprint density at radius 2 is 1.89 bits per heavy atom. The van der Waals surface area contributed by atoms with E-state index in [-0.39, 0.29) is 29.9 Å². The smallest absolute Gasteiger partial charge is 0.251 e. The Morgan fingerprint density at radius 3 is 2.42 bits per heavy atom. The number of carbonyl (C=O) groups excluding carboxylic acids is 2. The number of hydrogen-bond acceptors (Lipinski definition) is 3. The van der Waals surface area contributed by atoms with Crippen LogP contribution in [-0.4, -0.2) is 48.6 Å². The highest BCUT2D eigenvalue weighted by molar-refractivity contribution is 5.81. The predicted octanol–water partition coefficient (Wildman–Crippen LogP) is 0.929. The van der Waals surface area contributed by atoms with E-state index in [1.807, 2.05) is 18.7 Å². The SMILES string of the molecule is CC(C)C(=O)NC1CCN(C(=O)C2CCCO2)CC1. The molecular weight excluding hydrogens is 244 g/mol. The maximum atomic E-state index is 12.2. The number of carbonyl (C=O) groups is 2. The minimum absolute atomic E-state index is 0.0200. The monoisotopic (exact) mass is 268 g/mol. The summed E-state index contributed by atoms with van der Waals surface area (Å²) in [5, 5.41) is 3.04. The third-order valence-corrected chi connectivity index (χ3v) is 3.88. The van der Waals surface area contributed by atoms with Crippen LogP contribution < -0.4 is 5.32 Å². The van der Waals surface area contributed by atoms with Gasteiger partial charge in [0.05, 0.1) is 0 Å². The fraction of sp³-hybridized carbons (Fsp3) is 0.857. The van der Waals surface area contributed by atoms with Gasteiger partial charge < -0.3 is 15.0 Å². The standard InChI is InChI=1S/C14H24N2O3/c1-10(2)13(17)15-11-5-7-16(8-6-11)14(18)12-4-3-9-19-12/h10-12H,3-9H2,1-2H3,(H,15,17). The topological polar surface area (TPSA) is 58.6 Å². The van der Waals surface area contributed by atoms with Crippen molar-refractivity contribution in [1.29, 1.82) is 0 Å². The number of rotatable bonds is 3. The molecule has 0 radical (unpaired) electrons. The van der Waals surface area contributed by atoms with Crippen LogP contribution in [0.1, 0.15) is 39.5 Å². The van der Waals surface area contributed by atoms with Gasteiger partial charge in [-0.2, -0.15) is 0 Å². The molecule has 5 nitrogen and oxygen atoms in total. The molecule has 1 atom stereocenters. The quantitative estimate of drug-likeness (QED) is 0.828. The molecule has 1 N–H and O–H groups in total. The van der Waals surface area contributed by atoms with E-state index in [1.165, 1.54) is 0 Å². The van der Waals surface area contributed by atoms with Gasteiger partial charge in [0, 0.05) is 31.7 Å². The van der Waals surface area contributed by atoms with Crippen molar-refractivity contribution in [3.63, 3.8) is 0 Å². The van der Waals surface area contributed by atoms with E-state index >= 15 is 0 Å². The second-order valence-electron chi connectivity index (χ2n) is 5.76. The van der Waals surface area contributed by atoms with Crippen LogP contribution in [0.4, 0.5) is 0 Å². The van der Waals surface area contributed by atoms with Gasteiger partial charge in [-0.25, -0.2) is 0 Å². The molecule has 0 aromatic carbocycles. The van der Waals surface area contributed by atoms with Crippen molar-refractivity contribution in [1.82, 2.24) is 10.2 Å². The summed E-state index contributed by atoms with van der Waals surface area (Å²) in [5.41, 5.74) is 0. The molecule has 2 fully saturated rings. The highest BCUT2D eigenvalue weighted by Crippen LogP contribution is 2.18. The number of nitrogens with zero attached hydrogens (tertiary/aromatic N) is 1. The van der Waals surface area contributed by atoms with E-state index in [1.54, 1.807) is 0 Å². The molecular formula is C14H24N2O3. The van der Waals surface area contributed by atoms with E-state index in [2.05, 4.69) is 5.32 Å². The molecule has 0 spiro atoms.